The van der Waals surface area contributed by atoms with Crippen LogP contribution in [0.15, 0.2) is 16.7 Å². The third-order valence-corrected chi connectivity index (χ3v) is 4.45. The first-order chi connectivity index (χ1) is 8.36. The van der Waals surface area contributed by atoms with E-state index in [9.17, 15) is 8.42 Å². The smallest absolute Gasteiger partial charge is 0.269 e. The highest BCUT2D eigenvalue weighted by Crippen LogP contribution is 2.18. The standard InChI is InChI=1S/C11H18BrN3O2S/c1-4-5-8-15(3)18(16,17)14-10-6-7-11(12)13-9(10)2/h6-7,14H,4-5,8H2,1-3H3. The maximum absolute atomic E-state index is 12.0. The molecule has 102 valence electrons. The van der Waals surface area contributed by atoms with E-state index in [0.717, 1.165) is 12.8 Å². The van der Waals surface area contributed by atoms with E-state index in [-0.39, 0.29) is 0 Å². The average molecular weight is 336 g/mol. The first-order valence-corrected chi connectivity index (χ1v) is 7.97. The van der Waals surface area contributed by atoms with Gasteiger partial charge in [-0.15, -0.1) is 0 Å². The van der Waals surface area contributed by atoms with Gasteiger partial charge in [-0.2, -0.15) is 12.7 Å². The van der Waals surface area contributed by atoms with Crippen LogP contribution in [0.3, 0.4) is 0 Å². The molecule has 0 aliphatic carbocycles. The molecule has 0 aromatic carbocycles. The van der Waals surface area contributed by atoms with Crippen molar-refractivity contribution in [1.29, 1.82) is 0 Å². The van der Waals surface area contributed by atoms with Crippen molar-refractivity contribution in [3.63, 3.8) is 0 Å². The molecular formula is C11H18BrN3O2S. The normalized spacial score (nSPS) is 11.8. The van der Waals surface area contributed by atoms with Gasteiger partial charge in [-0.05, 0) is 41.4 Å². The van der Waals surface area contributed by atoms with Crippen LogP contribution in [0.25, 0.3) is 0 Å². The summed E-state index contributed by atoms with van der Waals surface area (Å²) in [7, 11) is -1.92. The molecule has 18 heavy (non-hydrogen) atoms. The van der Waals surface area contributed by atoms with Crippen LogP contribution in [0.4, 0.5) is 5.69 Å². The summed E-state index contributed by atoms with van der Waals surface area (Å²) in [6.45, 7) is 4.29. The molecule has 1 heterocycles. The topological polar surface area (TPSA) is 62.3 Å². The molecule has 0 spiro atoms. The number of pyridine rings is 1. The first-order valence-electron chi connectivity index (χ1n) is 5.74. The lowest BCUT2D eigenvalue weighted by molar-refractivity contribution is 0.463. The Morgan fingerprint density at radius 2 is 2.11 bits per heavy atom. The molecule has 0 bridgehead atoms. The monoisotopic (exact) mass is 335 g/mol. The van der Waals surface area contributed by atoms with E-state index in [0.29, 0.717) is 22.5 Å². The molecule has 0 saturated carbocycles. The van der Waals surface area contributed by atoms with Crippen LogP contribution in [0.1, 0.15) is 25.5 Å². The van der Waals surface area contributed by atoms with Crippen LogP contribution in [-0.2, 0) is 10.2 Å². The van der Waals surface area contributed by atoms with Crippen LogP contribution in [0.2, 0.25) is 0 Å². The zero-order chi connectivity index (χ0) is 13.8. The zero-order valence-corrected chi connectivity index (χ0v) is 13.2. The molecule has 0 aliphatic heterocycles. The van der Waals surface area contributed by atoms with Gasteiger partial charge >= 0.3 is 10.2 Å². The number of hydrogen-bond acceptors (Lipinski definition) is 3. The van der Waals surface area contributed by atoms with Crippen molar-refractivity contribution in [2.75, 3.05) is 18.3 Å². The molecule has 0 aliphatic rings. The van der Waals surface area contributed by atoms with Gasteiger partial charge < -0.3 is 0 Å². The number of anilines is 1. The molecule has 1 N–H and O–H groups in total. The van der Waals surface area contributed by atoms with E-state index in [4.69, 9.17) is 0 Å². The van der Waals surface area contributed by atoms with Crippen molar-refractivity contribution in [2.24, 2.45) is 0 Å². The molecule has 0 radical (unpaired) electrons. The lowest BCUT2D eigenvalue weighted by Gasteiger charge is -2.18. The third-order valence-electron chi connectivity index (χ3n) is 2.53. The maximum Gasteiger partial charge on any atom is 0.301 e. The zero-order valence-electron chi connectivity index (χ0n) is 10.8. The van der Waals surface area contributed by atoms with Gasteiger partial charge in [-0.25, -0.2) is 4.98 Å². The number of aromatic nitrogens is 1. The van der Waals surface area contributed by atoms with E-state index >= 15 is 0 Å². The lowest BCUT2D eigenvalue weighted by Crippen LogP contribution is -2.33. The summed E-state index contributed by atoms with van der Waals surface area (Å²) in [4.78, 5) is 4.15. The summed E-state index contributed by atoms with van der Waals surface area (Å²) in [6.07, 6.45) is 1.80. The van der Waals surface area contributed by atoms with Gasteiger partial charge in [-0.3, -0.25) is 4.72 Å². The number of halogens is 1. The van der Waals surface area contributed by atoms with Crippen molar-refractivity contribution in [2.45, 2.75) is 26.7 Å². The Kier molecular flexibility index (Phi) is 5.55. The van der Waals surface area contributed by atoms with Crippen molar-refractivity contribution in [3.05, 3.63) is 22.4 Å². The van der Waals surface area contributed by atoms with E-state index in [1.54, 1.807) is 26.1 Å². The number of unbranched alkanes of at least 4 members (excludes halogenated alkanes) is 1. The Balaban J connectivity index is 2.82. The molecule has 0 unspecified atom stereocenters. The predicted molar refractivity (Wildman–Crippen MR) is 76.8 cm³/mol. The Labute approximate surface area is 117 Å². The molecular weight excluding hydrogens is 318 g/mol. The summed E-state index contributed by atoms with van der Waals surface area (Å²) in [6, 6.07) is 3.40. The number of rotatable bonds is 6. The molecule has 1 aromatic rings. The molecule has 1 rings (SSSR count). The van der Waals surface area contributed by atoms with Crippen LogP contribution >= 0.6 is 15.9 Å². The number of hydrogen-bond donors (Lipinski definition) is 1. The van der Waals surface area contributed by atoms with Crippen molar-refractivity contribution < 1.29 is 8.42 Å². The number of nitrogens with one attached hydrogen (secondary N) is 1. The predicted octanol–water partition coefficient (Wildman–Crippen LogP) is 2.54. The van der Waals surface area contributed by atoms with Crippen LogP contribution in [0, 0.1) is 6.92 Å². The summed E-state index contributed by atoms with van der Waals surface area (Å²) in [5, 5.41) is 0. The summed E-state index contributed by atoms with van der Waals surface area (Å²) in [5.74, 6) is 0. The molecule has 0 atom stereocenters. The Morgan fingerprint density at radius 1 is 1.44 bits per heavy atom. The van der Waals surface area contributed by atoms with Crippen LogP contribution in [0.5, 0.6) is 0 Å². The first kappa shape index (κ1) is 15.4. The van der Waals surface area contributed by atoms with Crippen molar-refractivity contribution in [3.8, 4) is 0 Å². The molecule has 1 aromatic heterocycles. The minimum Gasteiger partial charge on any atom is -0.269 e. The Morgan fingerprint density at radius 3 is 2.67 bits per heavy atom. The van der Waals surface area contributed by atoms with Crippen LogP contribution < -0.4 is 4.72 Å². The largest absolute Gasteiger partial charge is 0.301 e. The fraction of sp³-hybridized carbons (Fsp3) is 0.545. The number of nitrogens with zero attached hydrogens (tertiary/aromatic N) is 2. The SMILES string of the molecule is CCCCN(C)S(=O)(=O)Nc1ccc(Br)nc1C. The van der Waals surface area contributed by atoms with Crippen molar-refractivity contribution >= 4 is 31.8 Å². The third kappa shape index (κ3) is 4.22. The Bertz CT molecular complexity index is 505. The van der Waals surface area contributed by atoms with E-state index in [1.165, 1.54) is 4.31 Å². The minimum absolute atomic E-state index is 0.501. The van der Waals surface area contributed by atoms with Gasteiger partial charge in [0.25, 0.3) is 0 Å². The van der Waals surface area contributed by atoms with E-state index in [2.05, 4.69) is 25.6 Å². The highest BCUT2D eigenvalue weighted by atomic mass is 79.9. The second-order valence-electron chi connectivity index (χ2n) is 4.05. The van der Waals surface area contributed by atoms with Gasteiger partial charge in [0.1, 0.15) is 4.60 Å². The highest BCUT2D eigenvalue weighted by molar-refractivity contribution is 9.10. The summed E-state index contributed by atoms with van der Waals surface area (Å²) >= 11 is 3.24. The van der Waals surface area contributed by atoms with E-state index in [1.807, 2.05) is 6.92 Å². The minimum atomic E-state index is -3.49. The summed E-state index contributed by atoms with van der Waals surface area (Å²) in [5.41, 5.74) is 1.14. The summed E-state index contributed by atoms with van der Waals surface area (Å²) < 4.78 is 28.6. The molecule has 0 saturated heterocycles. The highest BCUT2D eigenvalue weighted by Gasteiger charge is 2.17. The van der Waals surface area contributed by atoms with Gasteiger partial charge in [-0.1, -0.05) is 13.3 Å². The molecule has 0 amide bonds. The quantitative estimate of drug-likeness (QED) is 0.812. The second-order valence-corrected chi connectivity index (χ2v) is 6.64. The average Bonchev–Trinajstić information content (AvgIpc) is 2.29. The van der Waals surface area contributed by atoms with Crippen molar-refractivity contribution in [1.82, 2.24) is 9.29 Å². The van der Waals surface area contributed by atoms with Gasteiger partial charge in [0.15, 0.2) is 0 Å². The fourth-order valence-corrected chi connectivity index (χ4v) is 2.77. The van der Waals surface area contributed by atoms with Gasteiger partial charge in [0.05, 0.1) is 11.4 Å². The second kappa shape index (κ2) is 6.49. The van der Waals surface area contributed by atoms with Crippen LogP contribution in [-0.4, -0.2) is 31.3 Å². The van der Waals surface area contributed by atoms with Gasteiger partial charge in [0.2, 0.25) is 0 Å². The lowest BCUT2D eigenvalue weighted by atomic mass is 10.3. The van der Waals surface area contributed by atoms with E-state index < -0.39 is 10.2 Å². The molecule has 7 heteroatoms. The molecule has 0 fully saturated rings. The maximum atomic E-state index is 12.0. The molecule has 5 nitrogen and oxygen atoms in total. The Hall–Kier alpha value is -0.660. The van der Waals surface area contributed by atoms with Gasteiger partial charge in [0, 0.05) is 13.6 Å². The number of aryl methyl sites for hydroxylation is 1. The fourth-order valence-electron chi connectivity index (χ4n) is 1.36.